The Balaban J connectivity index is 1.60. The van der Waals surface area contributed by atoms with Gasteiger partial charge in [0.2, 0.25) is 0 Å². The second kappa shape index (κ2) is 8.90. The molecule has 1 aliphatic rings. The van der Waals surface area contributed by atoms with Gasteiger partial charge in [-0.05, 0) is 41.5 Å². The number of ether oxygens (including phenoxy) is 1. The second-order valence-corrected chi connectivity index (χ2v) is 8.14. The first kappa shape index (κ1) is 22.1. The SMILES string of the molecule is COC(=O)c1ccc(C2C(C(=O)c3ccncc3)=C(O)C(=O)N2Cc2c[nH]c3ccccc23)cc1. The fraction of sp³-hybridized carbons (Fsp3) is 0.111. The van der Waals surface area contributed by atoms with E-state index in [1.54, 1.807) is 24.3 Å². The van der Waals surface area contributed by atoms with Gasteiger partial charge in [0.15, 0.2) is 11.5 Å². The summed E-state index contributed by atoms with van der Waals surface area (Å²) in [6, 6.07) is 16.4. The van der Waals surface area contributed by atoms with Crippen molar-refractivity contribution in [2.24, 2.45) is 0 Å². The van der Waals surface area contributed by atoms with E-state index in [4.69, 9.17) is 4.74 Å². The number of aliphatic hydroxyl groups is 1. The van der Waals surface area contributed by atoms with Crippen molar-refractivity contribution in [1.82, 2.24) is 14.9 Å². The monoisotopic (exact) mass is 467 g/mol. The van der Waals surface area contributed by atoms with Crippen molar-refractivity contribution in [3.8, 4) is 0 Å². The Kier molecular flexibility index (Phi) is 5.62. The lowest BCUT2D eigenvalue weighted by Crippen LogP contribution is -2.30. The molecule has 2 N–H and O–H groups in total. The summed E-state index contributed by atoms with van der Waals surface area (Å²) in [4.78, 5) is 47.3. The van der Waals surface area contributed by atoms with E-state index in [-0.39, 0.29) is 12.1 Å². The van der Waals surface area contributed by atoms with Gasteiger partial charge in [-0.15, -0.1) is 0 Å². The maximum Gasteiger partial charge on any atom is 0.337 e. The number of Topliss-reactive ketones (excluding diaryl/α,β-unsaturated/α-hetero) is 1. The Morgan fingerprint density at radius 2 is 1.74 bits per heavy atom. The Morgan fingerprint density at radius 1 is 1.03 bits per heavy atom. The number of nitrogens with one attached hydrogen (secondary N) is 1. The molecule has 8 nitrogen and oxygen atoms in total. The summed E-state index contributed by atoms with van der Waals surface area (Å²) in [6.07, 6.45) is 4.77. The summed E-state index contributed by atoms with van der Waals surface area (Å²) in [5.74, 6) is -2.20. The number of amides is 1. The predicted octanol–water partition coefficient (Wildman–Crippen LogP) is 4.13. The standard InChI is InChI=1S/C27H21N3O5/c1-35-27(34)18-8-6-16(7-9-18)23-22(24(31)17-10-12-28-13-11-17)25(32)26(33)30(23)15-19-14-29-21-5-3-2-4-20(19)21/h2-14,23,29,32H,15H2,1H3. The highest BCUT2D eigenvalue weighted by Crippen LogP contribution is 2.40. The normalized spacial score (nSPS) is 15.6. The first-order valence-corrected chi connectivity index (χ1v) is 10.9. The molecule has 0 fully saturated rings. The second-order valence-electron chi connectivity index (χ2n) is 8.14. The number of para-hydroxylation sites is 1. The molecular formula is C27H21N3O5. The van der Waals surface area contributed by atoms with Gasteiger partial charge in [-0.2, -0.15) is 0 Å². The molecular weight excluding hydrogens is 446 g/mol. The van der Waals surface area contributed by atoms with Gasteiger partial charge in [-0.3, -0.25) is 14.6 Å². The molecule has 0 aliphatic carbocycles. The fourth-order valence-electron chi connectivity index (χ4n) is 4.42. The van der Waals surface area contributed by atoms with Crippen molar-refractivity contribution < 1.29 is 24.2 Å². The number of rotatable bonds is 6. The average molecular weight is 467 g/mol. The number of nitrogens with zero attached hydrogens (tertiary/aromatic N) is 2. The van der Waals surface area contributed by atoms with Gasteiger partial charge in [0, 0.05) is 41.6 Å². The number of aliphatic hydroxyl groups excluding tert-OH is 1. The van der Waals surface area contributed by atoms with Crippen LogP contribution in [0.2, 0.25) is 0 Å². The van der Waals surface area contributed by atoms with E-state index in [0.717, 1.165) is 16.5 Å². The molecule has 174 valence electrons. The van der Waals surface area contributed by atoms with Crippen LogP contribution in [0.15, 0.2) is 90.6 Å². The molecule has 0 bridgehead atoms. The lowest BCUT2D eigenvalue weighted by Gasteiger charge is -2.27. The number of esters is 1. The van der Waals surface area contributed by atoms with Crippen LogP contribution in [0.1, 0.15) is 37.9 Å². The molecule has 1 unspecified atom stereocenters. The van der Waals surface area contributed by atoms with Gasteiger partial charge in [0.25, 0.3) is 5.91 Å². The number of hydrogen-bond acceptors (Lipinski definition) is 6. The van der Waals surface area contributed by atoms with Crippen molar-refractivity contribution in [2.45, 2.75) is 12.6 Å². The topological polar surface area (TPSA) is 113 Å². The van der Waals surface area contributed by atoms with Crippen LogP contribution in [0, 0.1) is 0 Å². The summed E-state index contributed by atoms with van der Waals surface area (Å²) in [5, 5.41) is 11.8. The molecule has 2 aromatic carbocycles. The Bertz CT molecular complexity index is 1470. The molecule has 1 aliphatic heterocycles. The van der Waals surface area contributed by atoms with Gasteiger partial charge in [-0.25, -0.2) is 4.79 Å². The summed E-state index contributed by atoms with van der Waals surface area (Å²) in [5.41, 5.74) is 2.95. The molecule has 3 heterocycles. The number of benzene rings is 2. The minimum atomic E-state index is -0.858. The lowest BCUT2D eigenvalue weighted by molar-refractivity contribution is -0.130. The number of aromatic nitrogens is 2. The quantitative estimate of drug-likeness (QED) is 0.326. The number of carbonyl (C=O) groups excluding carboxylic acids is 3. The largest absolute Gasteiger partial charge is 0.503 e. The number of H-pyrrole nitrogens is 1. The molecule has 0 saturated carbocycles. The van der Waals surface area contributed by atoms with E-state index >= 15 is 0 Å². The van der Waals surface area contributed by atoms with Gasteiger partial charge in [-0.1, -0.05) is 30.3 Å². The number of ketones is 1. The van der Waals surface area contributed by atoms with E-state index in [2.05, 4.69) is 9.97 Å². The highest BCUT2D eigenvalue weighted by molar-refractivity contribution is 6.16. The molecule has 1 atom stereocenters. The molecule has 5 rings (SSSR count). The number of hydrogen-bond donors (Lipinski definition) is 2. The fourth-order valence-corrected chi connectivity index (χ4v) is 4.42. The van der Waals surface area contributed by atoms with Crippen molar-refractivity contribution in [2.75, 3.05) is 7.11 Å². The molecule has 2 aromatic heterocycles. The van der Waals surface area contributed by atoms with Crippen LogP contribution in [-0.2, 0) is 16.1 Å². The van der Waals surface area contributed by atoms with E-state index in [1.807, 2.05) is 30.5 Å². The zero-order valence-electron chi connectivity index (χ0n) is 18.8. The third kappa shape index (κ3) is 3.85. The molecule has 4 aromatic rings. The molecule has 1 amide bonds. The Labute approximate surface area is 200 Å². The van der Waals surface area contributed by atoms with E-state index < -0.39 is 29.5 Å². The maximum absolute atomic E-state index is 13.5. The Morgan fingerprint density at radius 3 is 2.46 bits per heavy atom. The third-order valence-electron chi connectivity index (χ3n) is 6.15. The average Bonchev–Trinajstić information content (AvgIpc) is 3.42. The van der Waals surface area contributed by atoms with Gasteiger partial charge >= 0.3 is 5.97 Å². The van der Waals surface area contributed by atoms with E-state index in [0.29, 0.717) is 16.7 Å². The minimum Gasteiger partial charge on any atom is -0.503 e. The molecule has 0 radical (unpaired) electrons. The van der Waals surface area contributed by atoms with Crippen LogP contribution in [0.4, 0.5) is 0 Å². The Hall–Kier alpha value is -4.72. The lowest BCUT2D eigenvalue weighted by atomic mass is 9.92. The minimum absolute atomic E-state index is 0.0214. The first-order valence-electron chi connectivity index (χ1n) is 10.9. The van der Waals surface area contributed by atoms with Crippen molar-refractivity contribution in [1.29, 1.82) is 0 Å². The first-order chi connectivity index (χ1) is 17.0. The number of carbonyl (C=O) groups is 3. The summed E-state index contributed by atoms with van der Waals surface area (Å²) < 4.78 is 4.77. The molecule has 0 saturated heterocycles. The number of fused-ring (bicyclic) bond motifs is 1. The maximum atomic E-state index is 13.5. The number of methoxy groups -OCH3 is 1. The van der Waals surface area contributed by atoms with Crippen LogP contribution < -0.4 is 0 Å². The number of aromatic amines is 1. The molecule has 8 heteroatoms. The van der Waals surface area contributed by atoms with Gasteiger partial charge < -0.3 is 19.7 Å². The van der Waals surface area contributed by atoms with Crippen molar-refractivity contribution >= 4 is 28.6 Å². The van der Waals surface area contributed by atoms with Gasteiger partial charge in [0.05, 0.1) is 24.3 Å². The van der Waals surface area contributed by atoms with Crippen LogP contribution in [0.5, 0.6) is 0 Å². The van der Waals surface area contributed by atoms with E-state index in [9.17, 15) is 19.5 Å². The zero-order chi connectivity index (χ0) is 24.5. The van der Waals surface area contributed by atoms with Crippen LogP contribution >= 0.6 is 0 Å². The van der Waals surface area contributed by atoms with Crippen LogP contribution in [-0.4, -0.2) is 44.7 Å². The van der Waals surface area contributed by atoms with Gasteiger partial charge in [0.1, 0.15) is 0 Å². The predicted molar refractivity (Wildman–Crippen MR) is 128 cm³/mol. The van der Waals surface area contributed by atoms with Crippen LogP contribution in [0.25, 0.3) is 10.9 Å². The third-order valence-corrected chi connectivity index (χ3v) is 6.15. The van der Waals surface area contributed by atoms with Crippen LogP contribution in [0.3, 0.4) is 0 Å². The van der Waals surface area contributed by atoms with Crippen molar-refractivity contribution in [3.63, 3.8) is 0 Å². The summed E-state index contributed by atoms with van der Waals surface area (Å²) in [6.45, 7) is 0.156. The molecule has 35 heavy (non-hydrogen) atoms. The smallest absolute Gasteiger partial charge is 0.337 e. The zero-order valence-corrected chi connectivity index (χ0v) is 18.8. The highest BCUT2D eigenvalue weighted by atomic mass is 16.5. The number of pyridine rings is 1. The summed E-state index contributed by atoms with van der Waals surface area (Å²) in [7, 11) is 1.29. The highest BCUT2D eigenvalue weighted by Gasteiger charge is 2.44. The van der Waals surface area contributed by atoms with Crippen molar-refractivity contribution in [3.05, 3.63) is 113 Å². The molecule has 0 spiro atoms. The summed E-state index contributed by atoms with van der Waals surface area (Å²) >= 11 is 0. The van der Waals surface area contributed by atoms with E-state index in [1.165, 1.54) is 36.5 Å².